The van der Waals surface area contributed by atoms with Crippen molar-refractivity contribution in [2.45, 2.75) is 89.9 Å². The van der Waals surface area contributed by atoms with Gasteiger partial charge in [-0.2, -0.15) is 0 Å². The zero-order valence-electron chi connectivity index (χ0n) is 14.8. The van der Waals surface area contributed by atoms with Crippen molar-refractivity contribution in [2.24, 2.45) is 0 Å². The Kier molecular flexibility index (Phi) is 13.0. The zero-order chi connectivity index (χ0) is 16.6. The van der Waals surface area contributed by atoms with E-state index in [1.54, 1.807) is 0 Å². The van der Waals surface area contributed by atoms with Crippen molar-refractivity contribution in [2.75, 3.05) is 13.2 Å². The molecule has 0 bridgehead atoms. The van der Waals surface area contributed by atoms with Gasteiger partial charge < -0.3 is 14.6 Å². The van der Waals surface area contributed by atoms with E-state index in [4.69, 9.17) is 14.6 Å². The summed E-state index contributed by atoms with van der Waals surface area (Å²) >= 11 is 0. The molecule has 1 N–H and O–H groups in total. The maximum atomic E-state index is 8.73. The predicted molar refractivity (Wildman–Crippen MR) is 95.1 cm³/mol. The minimum atomic E-state index is -0.0628. The zero-order valence-corrected chi connectivity index (χ0v) is 14.8. The van der Waals surface area contributed by atoms with Crippen molar-refractivity contribution in [3.8, 4) is 11.8 Å². The summed E-state index contributed by atoms with van der Waals surface area (Å²) in [6.07, 6.45) is 16.0. The van der Waals surface area contributed by atoms with Gasteiger partial charge >= 0.3 is 0 Å². The number of rotatable bonds is 11. The third-order valence-corrected chi connectivity index (χ3v) is 4.00. The summed E-state index contributed by atoms with van der Waals surface area (Å²) in [7, 11) is 0. The molecule has 3 nitrogen and oxygen atoms in total. The van der Waals surface area contributed by atoms with Crippen LogP contribution in [0.15, 0.2) is 12.2 Å². The fourth-order valence-electron chi connectivity index (χ4n) is 2.59. The Labute approximate surface area is 142 Å². The second-order valence-electron chi connectivity index (χ2n) is 6.18. The number of aliphatic hydroxyl groups excluding tert-OH is 1. The van der Waals surface area contributed by atoms with Crippen molar-refractivity contribution in [3.63, 3.8) is 0 Å². The highest BCUT2D eigenvalue weighted by molar-refractivity contribution is 5.18. The minimum Gasteiger partial charge on any atom is -0.396 e. The summed E-state index contributed by atoms with van der Waals surface area (Å²) in [5, 5.41) is 8.73. The smallest absolute Gasteiger partial charge is 0.159 e. The Morgan fingerprint density at radius 2 is 2.13 bits per heavy atom. The molecule has 1 rings (SSSR count). The predicted octanol–water partition coefficient (Wildman–Crippen LogP) is 4.59. The lowest BCUT2D eigenvalue weighted by Crippen LogP contribution is -2.27. The molecule has 1 aliphatic rings. The van der Waals surface area contributed by atoms with E-state index < -0.39 is 0 Å². The van der Waals surface area contributed by atoms with Crippen LogP contribution in [0.4, 0.5) is 0 Å². The molecule has 23 heavy (non-hydrogen) atoms. The Balaban J connectivity index is 2.32. The van der Waals surface area contributed by atoms with Gasteiger partial charge in [-0.1, -0.05) is 44.1 Å². The lowest BCUT2D eigenvalue weighted by Gasteiger charge is -2.25. The number of hydrogen-bond donors (Lipinski definition) is 1. The molecular weight excluding hydrogens is 288 g/mol. The summed E-state index contributed by atoms with van der Waals surface area (Å²) < 4.78 is 11.7. The highest BCUT2D eigenvalue weighted by Gasteiger charge is 2.18. The second-order valence-corrected chi connectivity index (χ2v) is 6.18. The van der Waals surface area contributed by atoms with E-state index >= 15 is 0 Å². The largest absolute Gasteiger partial charge is 0.396 e. The summed E-state index contributed by atoms with van der Waals surface area (Å²) in [6, 6.07) is 0. The summed E-state index contributed by atoms with van der Waals surface area (Å²) in [6.45, 7) is 3.32. The number of unbranched alkanes of at least 4 members (excludes halogenated alkanes) is 5. The van der Waals surface area contributed by atoms with Crippen molar-refractivity contribution in [1.82, 2.24) is 0 Å². The van der Waals surface area contributed by atoms with E-state index in [0.29, 0.717) is 6.61 Å². The minimum absolute atomic E-state index is 0.0105. The van der Waals surface area contributed by atoms with Crippen LogP contribution in [0.5, 0.6) is 0 Å². The van der Waals surface area contributed by atoms with Gasteiger partial charge in [0.1, 0.15) is 6.10 Å². The van der Waals surface area contributed by atoms with Crippen LogP contribution in [0.1, 0.15) is 77.6 Å². The molecule has 1 unspecified atom stereocenters. The molecule has 0 spiro atoms. The van der Waals surface area contributed by atoms with Crippen molar-refractivity contribution in [1.29, 1.82) is 0 Å². The van der Waals surface area contributed by atoms with Crippen molar-refractivity contribution >= 4 is 0 Å². The molecule has 0 radical (unpaired) electrons. The number of aliphatic hydroxyl groups is 1. The van der Waals surface area contributed by atoms with Gasteiger partial charge in [0.05, 0.1) is 0 Å². The average Bonchev–Trinajstić information content (AvgIpc) is 2.58. The van der Waals surface area contributed by atoms with Crippen LogP contribution >= 0.6 is 0 Å². The van der Waals surface area contributed by atoms with Gasteiger partial charge in [0.25, 0.3) is 0 Å². The van der Waals surface area contributed by atoms with Crippen LogP contribution in [0, 0.1) is 11.8 Å². The first-order valence-corrected chi connectivity index (χ1v) is 9.40. The normalized spacial score (nSPS) is 19.5. The standard InChI is InChI=1S/C20H34O3/c1-2-3-9-14-19(23-20-16-11-13-18-22-20)15-10-7-5-4-6-8-12-17-21/h5,7,19-21H,2-4,6,8-9,11-14,16-18H2,1H3/t19-,20?/m1/s1. The third-order valence-electron chi connectivity index (χ3n) is 4.00. The van der Waals surface area contributed by atoms with Crippen LogP contribution in [-0.4, -0.2) is 30.7 Å². The molecule has 0 aromatic rings. The lowest BCUT2D eigenvalue weighted by molar-refractivity contribution is -0.177. The van der Waals surface area contributed by atoms with Crippen molar-refractivity contribution in [3.05, 3.63) is 12.2 Å². The molecule has 2 atom stereocenters. The molecule has 0 aromatic heterocycles. The Bertz CT molecular complexity index is 348. The van der Waals surface area contributed by atoms with Crippen LogP contribution in [-0.2, 0) is 9.47 Å². The van der Waals surface area contributed by atoms with Gasteiger partial charge in [0, 0.05) is 13.2 Å². The molecule has 0 aliphatic carbocycles. The maximum absolute atomic E-state index is 8.73. The van der Waals surface area contributed by atoms with E-state index in [9.17, 15) is 0 Å². The number of hydrogen-bond acceptors (Lipinski definition) is 3. The third kappa shape index (κ3) is 11.4. The molecule has 1 fully saturated rings. The first kappa shape index (κ1) is 20.2. The van der Waals surface area contributed by atoms with Gasteiger partial charge in [-0.05, 0) is 57.4 Å². The molecule has 0 amide bonds. The number of ether oxygens (including phenoxy) is 2. The quantitative estimate of drug-likeness (QED) is 0.446. The molecule has 3 heteroatoms. The summed E-state index contributed by atoms with van der Waals surface area (Å²) in [5.74, 6) is 6.38. The molecule has 0 aromatic carbocycles. The van der Waals surface area contributed by atoms with Gasteiger partial charge in [-0.15, -0.1) is 0 Å². The topological polar surface area (TPSA) is 38.7 Å². The van der Waals surface area contributed by atoms with Crippen LogP contribution < -0.4 is 0 Å². The first-order valence-electron chi connectivity index (χ1n) is 9.40. The Hall–Kier alpha value is -0.820. The average molecular weight is 322 g/mol. The monoisotopic (exact) mass is 322 g/mol. The van der Waals surface area contributed by atoms with Gasteiger partial charge in [0.15, 0.2) is 6.29 Å². The highest BCUT2D eigenvalue weighted by Crippen LogP contribution is 2.17. The van der Waals surface area contributed by atoms with Crippen molar-refractivity contribution < 1.29 is 14.6 Å². The fourth-order valence-corrected chi connectivity index (χ4v) is 2.59. The number of allylic oxidation sites excluding steroid dienone is 2. The van der Waals surface area contributed by atoms with Gasteiger partial charge in [-0.3, -0.25) is 0 Å². The molecule has 0 saturated carbocycles. The summed E-state index contributed by atoms with van der Waals surface area (Å²) in [5.41, 5.74) is 0. The maximum Gasteiger partial charge on any atom is 0.159 e. The molecule has 1 aliphatic heterocycles. The highest BCUT2D eigenvalue weighted by atomic mass is 16.7. The molecule has 1 heterocycles. The molecular formula is C20H34O3. The lowest BCUT2D eigenvalue weighted by atomic mass is 10.1. The molecule has 132 valence electrons. The Morgan fingerprint density at radius 1 is 1.22 bits per heavy atom. The van der Waals surface area contributed by atoms with Gasteiger partial charge in [0.2, 0.25) is 0 Å². The van der Waals surface area contributed by atoms with Gasteiger partial charge in [-0.25, -0.2) is 0 Å². The van der Waals surface area contributed by atoms with Crippen LogP contribution in [0.2, 0.25) is 0 Å². The second kappa shape index (κ2) is 14.8. The van der Waals surface area contributed by atoms with E-state index in [1.165, 1.54) is 19.3 Å². The molecule has 1 saturated heterocycles. The van der Waals surface area contributed by atoms with E-state index in [-0.39, 0.29) is 12.4 Å². The first-order chi connectivity index (χ1) is 11.4. The van der Waals surface area contributed by atoms with E-state index in [0.717, 1.165) is 58.0 Å². The van der Waals surface area contributed by atoms with E-state index in [2.05, 4.69) is 24.8 Å². The SMILES string of the molecule is CCCCC[C@H](C#CC=CCCCCCO)OC1CCCCO1. The van der Waals surface area contributed by atoms with Crippen LogP contribution in [0.25, 0.3) is 0 Å². The summed E-state index contributed by atoms with van der Waals surface area (Å²) in [4.78, 5) is 0. The van der Waals surface area contributed by atoms with Crippen LogP contribution in [0.3, 0.4) is 0 Å². The fraction of sp³-hybridized carbons (Fsp3) is 0.800. The van der Waals surface area contributed by atoms with E-state index in [1.807, 2.05) is 6.08 Å². The Morgan fingerprint density at radius 3 is 2.87 bits per heavy atom.